The summed E-state index contributed by atoms with van der Waals surface area (Å²) < 4.78 is 6.66. The fourth-order valence-corrected chi connectivity index (χ4v) is 2.27. The zero-order valence-corrected chi connectivity index (χ0v) is 13.5. The number of nitrogens with one attached hydrogen (secondary N) is 1. The van der Waals surface area contributed by atoms with Gasteiger partial charge in [-0.3, -0.25) is 4.79 Å². The highest BCUT2D eigenvalue weighted by Gasteiger charge is 2.15. The Labute approximate surface area is 132 Å². The van der Waals surface area contributed by atoms with Crippen molar-refractivity contribution in [1.82, 2.24) is 0 Å². The quantitative estimate of drug-likeness (QED) is 0.813. The van der Waals surface area contributed by atoms with Crippen molar-refractivity contribution in [3.8, 4) is 5.75 Å². The predicted octanol–water partition coefficient (Wildman–Crippen LogP) is 4.01. The molecule has 1 unspecified atom stereocenters. The van der Waals surface area contributed by atoms with Gasteiger partial charge in [0, 0.05) is 3.57 Å². The maximum Gasteiger partial charge on any atom is 0.265 e. The van der Waals surface area contributed by atoms with Crippen molar-refractivity contribution in [3.05, 3.63) is 57.7 Å². The van der Waals surface area contributed by atoms with Gasteiger partial charge in [0.25, 0.3) is 5.91 Å². The number of hydrogen-bond acceptors (Lipinski definition) is 2. The van der Waals surface area contributed by atoms with Crippen LogP contribution in [0.2, 0.25) is 0 Å². The zero-order chi connectivity index (χ0) is 14.5. The third kappa shape index (κ3) is 3.96. The Kier molecular flexibility index (Phi) is 5.00. The van der Waals surface area contributed by atoms with Crippen LogP contribution in [0.1, 0.15) is 12.5 Å². The average Bonchev–Trinajstić information content (AvgIpc) is 2.41. The standard InChI is InChI=1S/C16H16INO2/c1-11-6-5-7-13(10-11)20-12(2)16(19)18-15-9-4-3-8-14(15)17/h3-10,12H,1-2H3,(H,18,19). The van der Waals surface area contributed by atoms with E-state index in [-0.39, 0.29) is 5.91 Å². The molecule has 1 N–H and O–H groups in total. The van der Waals surface area contributed by atoms with Gasteiger partial charge in [0.15, 0.2) is 6.10 Å². The molecular formula is C16H16INO2. The van der Waals surface area contributed by atoms with Crippen molar-refractivity contribution >= 4 is 34.2 Å². The van der Waals surface area contributed by atoms with E-state index in [1.807, 2.05) is 55.5 Å². The lowest BCUT2D eigenvalue weighted by molar-refractivity contribution is -0.122. The van der Waals surface area contributed by atoms with E-state index in [2.05, 4.69) is 27.9 Å². The number of carbonyl (C=O) groups excluding carboxylic acids is 1. The third-order valence-electron chi connectivity index (χ3n) is 2.80. The Balaban J connectivity index is 2.01. The summed E-state index contributed by atoms with van der Waals surface area (Å²) in [5.74, 6) is 0.547. The molecule has 4 heteroatoms. The van der Waals surface area contributed by atoms with Crippen molar-refractivity contribution in [2.45, 2.75) is 20.0 Å². The number of carbonyl (C=O) groups is 1. The lowest BCUT2D eigenvalue weighted by atomic mass is 10.2. The maximum absolute atomic E-state index is 12.1. The molecule has 104 valence electrons. The first-order chi connectivity index (χ1) is 9.56. The van der Waals surface area contributed by atoms with Crippen LogP contribution in [0.15, 0.2) is 48.5 Å². The Bertz CT molecular complexity index is 613. The second-order valence-corrected chi connectivity index (χ2v) is 5.71. The predicted molar refractivity (Wildman–Crippen MR) is 89.1 cm³/mol. The van der Waals surface area contributed by atoms with E-state index in [0.717, 1.165) is 14.8 Å². The molecule has 1 atom stereocenters. The fraction of sp³-hybridized carbons (Fsp3) is 0.188. The minimum absolute atomic E-state index is 0.157. The summed E-state index contributed by atoms with van der Waals surface area (Å²) in [6.07, 6.45) is -0.548. The number of amides is 1. The van der Waals surface area contributed by atoms with Crippen LogP contribution in [-0.4, -0.2) is 12.0 Å². The number of para-hydroxylation sites is 1. The van der Waals surface area contributed by atoms with Crippen LogP contribution in [0, 0.1) is 10.5 Å². The van der Waals surface area contributed by atoms with Crippen molar-refractivity contribution in [1.29, 1.82) is 0 Å². The van der Waals surface area contributed by atoms with Gasteiger partial charge >= 0.3 is 0 Å². The minimum atomic E-state index is -0.548. The third-order valence-corrected chi connectivity index (χ3v) is 3.74. The number of rotatable bonds is 4. The first-order valence-corrected chi connectivity index (χ1v) is 7.43. The molecule has 0 saturated heterocycles. The summed E-state index contributed by atoms with van der Waals surface area (Å²) in [6, 6.07) is 15.3. The molecule has 0 aromatic heterocycles. The highest BCUT2D eigenvalue weighted by molar-refractivity contribution is 14.1. The summed E-state index contributed by atoms with van der Waals surface area (Å²) in [7, 11) is 0. The van der Waals surface area contributed by atoms with Gasteiger partial charge in [-0.25, -0.2) is 0 Å². The molecule has 2 aromatic rings. The van der Waals surface area contributed by atoms with Gasteiger partial charge in [0.2, 0.25) is 0 Å². The Hall–Kier alpha value is -1.56. The molecule has 0 saturated carbocycles. The molecule has 20 heavy (non-hydrogen) atoms. The van der Waals surface area contributed by atoms with Crippen LogP contribution in [0.3, 0.4) is 0 Å². The normalized spacial score (nSPS) is 11.8. The van der Waals surface area contributed by atoms with Crippen molar-refractivity contribution in [2.24, 2.45) is 0 Å². The van der Waals surface area contributed by atoms with Crippen LogP contribution >= 0.6 is 22.6 Å². The minimum Gasteiger partial charge on any atom is -0.481 e. The Morgan fingerprint density at radius 1 is 1.20 bits per heavy atom. The van der Waals surface area contributed by atoms with Gasteiger partial charge in [-0.05, 0) is 66.3 Å². The maximum atomic E-state index is 12.1. The van der Waals surface area contributed by atoms with Crippen LogP contribution < -0.4 is 10.1 Å². The van der Waals surface area contributed by atoms with E-state index in [4.69, 9.17) is 4.74 Å². The molecule has 0 spiro atoms. The summed E-state index contributed by atoms with van der Waals surface area (Å²) in [5.41, 5.74) is 1.91. The van der Waals surface area contributed by atoms with Crippen molar-refractivity contribution < 1.29 is 9.53 Å². The number of benzene rings is 2. The first kappa shape index (κ1) is 14.8. The van der Waals surface area contributed by atoms with Crippen LogP contribution in [-0.2, 0) is 4.79 Å². The molecular weight excluding hydrogens is 365 g/mol. The Morgan fingerprint density at radius 3 is 2.65 bits per heavy atom. The second kappa shape index (κ2) is 6.74. The SMILES string of the molecule is Cc1cccc(OC(C)C(=O)Nc2ccccc2I)c1. The molecule has 3 nitrogen and oxygen atoms in total. The fourth-order valence-electron chi connectivity index (χ4n) is 1.74. The van der Waals surface area contributed by atoms with Gasteiger partial charge in [-0.2, -0.15) is 0 Å². The number of hydrogen-bond donors (Lipinski definition) is 1. The molecule has 0 fully saturated rings. The molecule has 0 aliphatic heterocycles. The lowest BCUT2D eigenvalue weighted by Gasteiger charge is -2.15. The van der Waals surface area contributed by atoms with E-state index in [0.29, 0.717) is 5.75 Å². The highest BCUT2D eigenvalue weighted by atomic mass is 127. The van der Waals surface area contributed by atoms with E-state index in [9.17, 15) is 4.79 Å². The number of anilines is 1. The van der Waals surface area contributed by atoms with Gasteiger partial charge in [0.05, 0.1) is 5.69 Å². The summed E-state index contributed by atoms with van der Waals surface area (Å²) in [4.78, 5) is 12.1. The molecule has 2 aromatic carbocycles. The number of aryl methyl sites for hydroxylation is 1. The van der Waals surface area contributed by atoms with Crippen LogP contribution in [0.5, 0.6) is 5.75 Å². The van der Waals surface area contributed by atoms with Crippen molar-refractivity contribution in [2.75, 3.05) is 5.32 Å². The summed E-state index contributed by atoms with van der Waals surface area (Å²) in [6.45, 7) is 3.73. The lowest BCUT2D eigenvalue weighted by Crippen LogP contribution is -2.30. The second-order valence-electron chi connectivity index (χ2n) is 4.55. The molecule has 0 heterocycles. The first-order valence-electron chi connectivity index (χ1n) is 6.35. The van der Waals surface area contributed by atoms with E-state index in [1.165, 1.54) is 0 Å². The van der Waals surface area contributed by atoms with Gasteiger partial charge in [-0.1, -0.05) is 24.3 Å². The Morgan fingerprint density at radius 2 is 1.95 bits per heavy atom. The topological polar surface area (TPSA) is 38.3 Å². The molecule has 0 radical (unpaired) electrons. The smallest absolute Gasteiger partial charge is 0.265 e. The number of halogens is 1. The van der Waals surface area contributed by atoms with E-state index >= 15 is 0 Å². The average molecular weight is 381 g/mol. The van der Waals surface area contributed by atoms with Crippen molar-refractivity contribution in [3.63, 3.8) is 0 Å². The van der Waals surface area contributed by atoms with Gasteiger partial charge in [-0.15, -0.1) is 0 Å². The molecule has 0 aliphatic rings. The van der Waals surface area contributed by atoms with Crippen LogP contribution in [0.25, 0.3) is 0 Å². The molecule has 2 rings (SSSR count). The zero-order valence-electron chi connectivity index (χ0n) is 11.4. The van der Waals surface area contributed by atoms with Crippen LogP contribution in [0.4, 0.5) is 5.69 Å². The molecule has 1 amide bonds. The highest BCUT2D eigenvalue weighted by Crippen LogP contribution is 2.18. The molecule has 0 bridgehead atoms. The van der Waals surface area contributed by atoms with E-state index < -0.39 is 6.10 Å². The van der Waals surface area contributed by atoms with Gasteiger partial charge in [0.1, 0.15) is 5.75 Å². The largest absolute Gasteiger partial charge is 0.481 e. The number of ether oxygens (including phenoxy) is 1. The monoisotopic (exact) mass is 381 g/mol. The van der Waals surface area contributed by atoms with E-state index in [1.54, 1.807) is 6.92 Å². The summed E-state index contributed by atoms with van der Waals surface area (Å²) >= 11 is 2.19. The van der Waals surface area contributed by atoms with Gasteiger partial charge < -0.3 is 10.1 Å². The summed E-state index contributed by atoms with van der Waals surface area (Å²) in [5, 5.41) is 2.87. The molecule has 0 aliphatic carbocycles.